The maximum atomic E-state index is 13.0. The maximum absolute atomic E-state index is 13.0. The van der Waals surface area contributed by atoms with Gasteiger partial charge in [-0.05, 0) is 31.5 Å². The van der Waals surface area contributed by atoms with Crippen LogP contribution in [0.15, 0.2) is 57.9 Å². The number of hydrogen-bond acceptors (Lipinski definition) is 5. The molecule has 2 atom stereocenters. The smallest absolute Gasteiger partial charge is 0.200 e. The first-order chi connectivity index (χ1) is 13.0. The van der Waals surface area contributed by atoms with Crippen LogP contribution in [0, 0.1) is 0 Å². The van der Waals surface area contributed by atoms with Gasteiger partial charge in [0, 0.05) is 19.6 Å². The van der Waals surface area contributed by atoms with Gasteiger partial charge in [-0.25, -0.2) is 0 Å². The third-order valence-electron chi connectivity index (χ3n) is 4.98. The highest BCUT2D eigenvalue weighted by Crippen LogP contribution is 2.29. The van der Waals surface area contributed by atoms with Gasteiger partial charge in [0.1, 0.15) is 17.6 Å². The number of morpholine rings is 1. The van der Waals surface area contributed by atoms with E-state index in [-0.39, 0.29) is 35.8 Å². The number of ether oxygens (including phenoxy) is 1. The van der Waals surface area contributed by atoms with Gasteiger partial charge in [0.15, 0.2) is 0 Å². The summed E-state index contributed by atoms with van der Waals surface area (Å²) in [5, 5.41) is 10.9. The van der Waals surface area contributed by atoms with Gasteiger partial charge in [-0.15, -0.1) is 12.4 Å². The highest BCUT2D eigenvalue weighted by molar-refractivity contribution is 5.86. The molecule has 0 bridgehead atoms. The number of benzene rings is 2. The van der Waals surface area contributed by atoms with E-state index in [4.69, 9.17) is 9.15 Å². The van der Waals surface area contributed by atoms with E-state index in [0.717, 1.165) is 18.7 Å². The molecule has 0 saturated carbocycles. The molecular formula is C22H24ClNO4. The summed E-state index contributed by atoms with van der Waals surface area (Å²) in [6, 6.07) is 12.7. The molecule has 0 radical (unpaired) electrons. The summed E-state index contributed by atoms with van der Waals surface area (Å²) in [5.41, 5.74) is 2.34. The van der Waals surface area contributed by atoms with E-state index in [1.54, 1.807) is 12.1 Å². The molecule has 148 valence electrons. The van der Waals surface area contributed by atoms with Crippen LogP contribution in [0.2, 0.25) is 0 Å². The van der Waals surface area contributed by atoms with Gasteiger partial charge in [0.2, 0.25) is 5.43 Å². The van der Waals surface area contributed by atoms with Crippen molar-refractivity contribution in [2.75, 3.05) is 13.1 Å². The molecule has 1 aliphatic heterocycles. The van der Waals surface area contributed by atoms with Gasteiger partial charge in [0.25, 0.3) is 0 Å². The molecule has 1 N–H and O–H groups in total. The van der Waals surface area contributed by atoms with Crippen LogP contribution in [0.3, 0.4) is 0 Å². The Labute approximate surface area is 170 Å². The van der Waals surface area contributed by atoms with E-state index in [9.17, 15) is 9.90 Å². The molecule has 4 rings (SSSR count). The second-order valence-electron chi connectivity index (χ2n) is 7.24. The Morgan fingerprint density at radius 2 is 1.75 bits per heavy atom. The monoisotopic (exact) mass is 401 g/mol. The van der Waals surface area contributed by atoms with Crippen molar-refractivity contribution in [3.8, 4) is 16.9 Å². The number of phenols is 1. The number of phenolic OH excluding ortho intramolecular Hbond substituents is 1. The third-order valence-corrected chi connectivity index (χ3v) is 4.98. The van der Waals surface area contributed by atoms with Crippen LogP contribution in [0.1, 0.15) is 19.4 Å². The standard InChI is InChI=1S/C22H23NO4.ClH/c1-14-10-23(11-15(2)27-14)12-18-20(24)9-8-17-21(25)19(13-26-22(17)18)16-6-4-3-5-7-16;/h3-9,13-15,24H,10-12H2,1-2H3;1H. The second kappa shape index (κ2) is 8.35. The van der Waals surface area contributed by atoms with E-state index in [1.165, 1.54) is 6.26 Å². The highest BCUT2D eigenvalue weighted by atomic mass is 35.5. The van der Waals surface area contributed by atoms with Crippen LogP contribution in [0.4, 0.5) is 0 Å². The number of hydrogen-bond donors (Lipinski definition) is 1. The lowest BCUT2D eigenvalue weighted by Crippen LogP contribution is -2.44. The molecule has 28 heavy (non-hydrogen) atoms. The van der Waals surface area contributed by atoms with Gasteiger partial charge in [-0.1, -0.05) is 30.3 Å². The summed E-state index contributed by atoms with van der Waals surface area (Å²) < 4.78 is 11.6. The molecule has 2 aromatic carbocycles. The Bertz CT molecular complexity index is 1010. The third kappa shape index (κ3) is 3.92. The molecule has 1 aromatic heterocycles. The SMILES string of the molecule is CC1CN(Cc2c(O)ccc3c(=O)c(-c4ccccc4)coc23)CC(C)O1.Cl. The average molecular weight is 402 g/mol. The predicted octanol–water partition coefficient (Wildman–Crippen LogP) is 4.20. The zero-order valence-corrected chi connectivity index (χ0v) is 16.7. The first-order valence-corrected chi connectivity index (χ1v) is 9.22. The fourth-order valence-electron chi connectivity index (χ4n) is 3.85. The number of fused-ring (bicyclic) bond motifs is 1. The van der Waals surface area contributed by atoms with Crippen molar-refractivity contribution < 1.29 is 14.3 Å². The molecule has 1 saturated heterocycles. The lowest BCUT2D eigenvalue weighted by molar-refractivity contribution is -0.0705. The summed E-state index contributed by atoms with van der Waals surface area (Å²) in [6.45, 7) is 6.13. The van der Waals surface area contributed by atoms with Crippen molar-refractivity contribution in [3.63, 3.8) is 0 Å². The van der Waals surface area contributed by atoms with Crippen molar-refractivity contribution >= 4 is 23.4 Å². The van der Waals surface area contributed by atoms with E-state index in [2.05, 4.69) is 4.90 Å². The lowest BCUT2D eigenvalue weighted by Gasteiger charge is -2.35. The number of halogens is 1. The van der Waals surface area contributed by atoms with E-state index < -0.39 is 0 Å². The van der Waals surface area contributed by atoms with Crippen LogP contribution in [-0.2, 0) is 11.3 Å². The summed E-state index contributed by atoms with van der Waals surface area (Å²) in [7, 11) is 0. The van der Waals surface area contributed by atoms with Gasteiger partial charge in [0.05, 0.1) is 28.7 Å². The molecule has 1 fully saturated rings. The van der Waals surface area contributed by atoms with Gasteiger partial charge >= 0.3 is 0 Å². The molecule has 0 aliphatic carbocycles. The average Bonchev–Trinajstić information content (AvgIpc) is 2.64. The maximum Gasteiger partial charge on any atom is 0.200 e. The van der Waals surface area contributed by atoms with Crippen LogP contribution in [0.5, 0.6) is 5.75 Å². The molecule has 6 heteroatoms. The van der Waals surface area contributed by atoms with Crippen molar-refractivity contribution in [1.29, 1.82) is 0 Å². The van der Waals surface area contributed by atoms with E-state index in [1.807, 2.05) is 44.2 Å². The van der Waals surface area contributed by atoms with Crippen molar-refractivity contribution in [2.24, 2.45) is 0 Å². The largest absolute Gasteiger partial charge is 0.507 e. The topological polar surface area (TPSA) is 62.9 Å². The summed E-state index contributed by atoms with van der Waals surface area (Å²) in [6.07, 6.45) is 1.75. The van der Waals surface area contributed by atoms with E-state index >= 15 is 0 Å². The first-order valence-electron chi connectivity index (χ1n) is 9.22. The minimum Gasteiger partial charge on any atom is -0.507 e. The lowest BCUT2D eigenvalue weighted by atomic mass is 10.0. The molecule has 2 heterocycles. The Balaban J connectivity index is 0.00000225. The van der Waals surface area contributed by atoms with Crippen LogP contribution in [0.25, 0.3) is 22.1 Å². The number of nitrogens with zero attached hydrogens (tertiary/aromatic N) is 1. The fourth-order valence-corrected chi connectivity index (χ4v) is 3.85. The Morgan fingerprint density at radius 1 is 1.07 bits per heavy atom. The molecule has 0 spiro atoms. The Hall–Kier alpha value is -2.34. The van der Waals surface area contributed by atoms with Crippen LogP contribution in [-0.4, -0.2) is 35.3 Å². The molecule has 5 nitrogen and oxygen atoms in total. The molecule has 1 aliphatic rings. The van der Waals surface area contributed by atoms with Crippen molar-refractivity contribution in [3.05, 3.63) is 64.5 Å². The molecule has 0 amide bonds. The van der Waals surface area contributed by atoms with Gasteiger partial charge in [-0.2, -0.15) is 0 Å². The fraction of sp³-hybridized carbons (Fsp3) is 0.318. The molecular weight excluding hydrogens is 378 g/mol. The normalized spacial score (nSPS) is 20.1. The minimum absolute atomic E-state index is 0. The van der Waals surface area contributed by atoms with Crippen molar-refractivity contribution in [1.82, 2.24) is 4.90 Å². The van der Waals surface area contributed by atoms with Crippen molar-refractivity contribution in [2.45, 2.75) is 32.6 Å². The van der Waals surface area contributed by atoms with Gasteiger partial charge in [-0.3, -0.25) is 9.69 Å². The summed E-state index contributed by atoms with van der Waals surface area (Å²) >= 11 is 0. The summed E-state index contributed by atoms with van der Waals surface area (Å²) in [5.74, 6) is 0.143. The number of rotatable bonds is 3. The summed E-state index contributed by atoms with van der Waals surface area (Å²) in [4.78, 5) is 15.2. The quantitative estimate of drug-likeness (QED) is 0.712. The Morgan fingerprint density at radius 3 is 2.43 bits per heavy atom. The highest BCUT2D eigenvalue weighted by Gasteiger charge is 2.24. The number of aromatic hydroxyl groups is 1. The van der Waals surface area contributed by atoms with E-state index in [0.29, 0.717) is 28.6 Å². The molecule has 2 unspecified atom stereocenters. The second-order valence-corrected chi connectivity index (χ2v) is 7.24. The van der Waals surface area contributed by atoms with Gasteiger partial charge < -0.3 is 14.3 Å². The first kappa shape index (κ1) is 20.4. The van der Waals surface area contributed by atoms with Crippen LogP contribution >= 0.6 is 12.4 Å². The zero-order valence-electron chi connectivity index (χ0n) is 15.9. The zero-order chi connectivity index (χ0) is 19.0. The van der Waals surface area contributed by atoms with Crippen LogP contribution < -0.4 is 5.43 Å². The Kier molecular flexibility index (Phi) is 6.08. The predicted molar refractivity (Wildman–Crippen MR) is 112 cm³/mol. The minimum atomic E-state index is -0.0904. The molecule has 3 aromatic rings.